The lowest BCUT2D eigenvalue weighted by atomic mass is 10.1. The summed E-state index contributed by atoms with van der Waals surface area (Å²) in [6, 6.07) is 9.05. The van der Waals surface area contributed by atoms with Crippen molar-refractivity contribution in [2.24, 2.45) is 0 Å². The molecule has 20 heavy (non-hydrogen) atoms. The molecule has 1 unspecified atom stereocenters. The van der Waals surface area contributed by atoms with E-state index in [4.69, 9.17) is 0 Å². The molecule has 0 aliphatic heterocycles. The fourth-order valence-corrected chi connectivity index (χ4v) is 2.33. The van der Waals surface area contributed by atoms with E-state index in [0.29, 0.717) is 6.04 Å². The molecule has 0 spiro atoms. The van der Waals surface area contributed by atoms with Crippen LogP contribution in [0.2, 0.25) is 0 Å². The number of pyridine rings is 1. The van der Waals surface area contributed by atoms with E-state index < -0.39 is 0 Å². The summed E-state index contributed by atoms with van der Waals surface area (Å²) in [5.74, 6) is 0. The number of benzene rings is 1. The van der Waals surface area contributed by atoms with Crippen molar-refractivity contribution in [3.05, 3.63) is 46.1 Å². The van der Waals surface area contributed by atoms with Crippen LogP contribution in [-0.4, -0.2) is 23.0 Å². The molecule has 2 rings (SSSR count). The average molecular weight is 273 g/mol. The third-order valence-electron chi connectivity index (χ3n) is 3.44. The van der Waals surface area contributed by atoms with Crippen LogP contribution in [0, 0.1) is 10.1 Å². The van der Waals surface area contributed by atoms with Crippen LogP contribution in [0.15, 0.2) is 30.3 Å². The number of rotatable bonds is 6. The molecule has 1 N–H and O–H groups in total. The highest BCUT2D eigenvalue weighted by molar-refractivity contribution is 5.81. The van der Waals surface area contributed by atoms with Gasteiger partial charge in [0.15, 0.2) is 0 Å². The van der Waals surface area contributed by atoms with Gasteiger partial charge >= 0.3 is 0 Å². The van der Waals surface area contributed by atoms with Gasteiger partial charge in [0.1, 0.15) is 0 Å². The topological polar surface area (TPSA) is 68.1 Å². The average Bonchev–Trinajstić information content (AvgIpc) is 2.46. The van der Waals surface area contributed by atoms with Gasteiger partial charge in [-0.15, -0.1) is 0 Å². The molecule has 0 saturated heterocycles. The van der Waals surface area contributed by atoms with E-state index in [1.807, 2.05) is 19.2 Å². The van der Waals surface area contributed by atoms with Crippen LogP contribution in [0.25, 0.3) is 10.9 Å². The lowest BCUT2D eigenvalue weighted by Gasteiger charge is -2.14. The fourth-order valence-electron chi connectivity index (χ4n) is 2.33. The molecule has 2 aromatic rings. The summed E-state index contributed by atoms with van der Waals surface area (Å²) in [5, 5.41) is 14.8. The standard InChI is InChI=1S/C15H19N3O2/c1-3-4-12(16-2)10-13-6-5-11-9-14(18(19)20)7-8-15(11)17-13/h5-9,12,16H,3-4,10H2,1-2H3. The smallest absolute Gasteiger partial charge is 0.270 e. The summed E-state index contributed by atoms with van der Waals surface area (Å²) in [7, 11) is 1.96. The third-order valence-corrected chi connectivity index (χ3v) is 3.44. The van der Waals surface area contributed by atoms with Crippen molar-refractivity contribution in [3.63, 3.8) is 0 Å². The maximum atomic E-state index is 10.7. The second kappa shape index (κ2) is 6.43. The highest BCUT2D eigenvalue weighted by Gasteiger charge is 2.10. The summed E-state index contributed by atoms with van der Waals surface area (Å²) >= 11 is 0. The van der Waals surface area contributed by atoms with E-state index in [-0.39, 0.29) is 10.6 Å². The SMILES string of the molecule is CCCC(Cc1ccc2cc([N+](=O)[O-])ccc2n1)NC. The van der Waals surface area contributed by atoms with Crippen LogP contribution >= 0.6 is 0 Å². The quantitative estimate of drug-likeness (QED) is 0.648. The number of nitro groups is 1. The van der Waals surface area contributed by atoms with Crippen molar-refractivity contribution < 1.29 is 4.92 Å². The highest BCUT2D eigenvalue weighted by Crippen LogP contribution is 2.20. The first kappa shape index (κ1) is 14.4. The molecular weight excluding hydrogens is 254 g/mol. The largest absolute Gasteiger partial charge is 0.317 e. The maximum Gasteiger partial charge on any atom is 0.270 e. The first-order valence-corrected chi connectivity index (χ1v) is 6.85. The zero-order valence-electron chi connectivity index (χ0n) is 11.8. The Hall–Kier alpha value is -2.01. The summed E-state index contributed by atoms with van der Waals surface area (Å²) in [5.41, 5.74) is 1.92. The minimum absolute atomic E-state index is 0.103. The predicted molar refractivity (Wildman–Crippen MR) is 79.9 cm³/mol. The van der Waals surface area contributed by atoms with E-state index in [0.717, 1.165) is 35.9 Å². The fraction of sp³-hybridized carbons (Fsp3) is 0.400. The van der Waals surface area contributed by atoms with Crippen LogP contribution in [0.5, 0.6) is 0 Å². The Bertz CT molecular complexity index is 613. The molecule has 0 saturated carbocycles. The Morgan fingerprint density at radius 2 is 2.15 bits per heavy atom. The zero-order valence-corrected chi connectivity index (χ0v) is 11.8. The molecular formula is C15H19N3O2. The van der Waals surface area contributed by atoms with Crippen LogP contribution < -0.4 is 5.32 Å². The van der Waals surface area contributed by atoms with E-state index in [9.17, 15) is 10.1 Å². The Morgan fingerprint density at radius 3 is 2.80 bits per heavy atom. The van der Waals surface area contributed by atoms with Crippen molar-refractivity contribution in [2.75, 3.05) is 7.05 Å². The molecule has 0 radical (unpaired) electrons. The van der Waals surface area contributed by atoms with Crippen molar-refractivity contribution in [1.82, 2.24) is 10.3 Å². The molecule has 0 amide bonds. The lowest BCUT2D eigenvalue weighted by Crippen LogP contribution is -2.27. The van der Waals surface area contributed by atoms with Gasteiger partial charge in [0.2, 0.25) is 0 Å². The second-order valence-corrected chi connectivity index (χ2v) is 4.92. The number of hydrogen-bond acceptors (Lipinski definition) is 4. The van der Waals surface area contributed by atoms with Gasteiger partial charge in [0.25, 0.3) is 5.69 Å². The molecule has 1 aromatic heterocycles. The minimum Gasteiger partial charge on any atom is -0.317 e. The maximum absolute atomic E-state index is 10.7. The van der Waals surface area contributed by atoms with Crippen molar-refractivity contribution in [2.45, 2.75) is 32.2 Å². The summed E-state index contributed by atoms with van der Waals surface area (Å²) in [6.07, 6.45) is 3.11. The molecule has 0 aliphatic carbocycles. The summed E-state index contributed by atoms with van der Waals surface area (Å²) in [6.45, 7) is 2.16. The highest BCUT2D eigenvalue weighted by atomic mass is 16.6. The molecule has 5 heteroatoms. The molecule has 106 valence electrons. The van der Waals surface area contributed by atoms with Crippen LogP contribution in [0.1, 0.15) is 25.5 Å². The van der Waals surface area contributed by atoms with Gasteiger partial charge in [0, 0.05) is 35.7 Å². The molecule has 0 bridgehead atoms. The summed E-state index contributed by atoms with van der Waals surface area (Å²) < 4.78 is 0. The van der Waals surface area contributed by atoms with Gasteiger partial charge in [-0.1, -0.05) is 19.4 Å². The monoisotopic (exact) mass is 273 g/mol. The number of aromatic nitrogens is 1. The Labute approximate surface area is 118 Å². The van der Waals surface area contributed by atoms with Gasteiger partial charge < -0.3 is 5.32 Å². The first-order valence-electron chi connectivity index (χ1n) is 6.85. The number of nitrogens with one attached hydrogen (secondary N) is 1. The molecule has 1 atom stereocenters. The van der Waals surface area contributed by atoms with Crippen LogP contribution in [-0.2, 0) is 6.42 Å². The number of fused-ring (bicyclic) bond motifs is 1. The van der Waals surface area contributed by atoms with Gasteiger partial charge in [-0.05, 0) is 25.6 Å². The molecule has 1 aromatic carbocycles. The van der Waals surface area contributed by atoms with Gasteiger partial charge in [-0.2, -0.15) is 0 Å². The lowest BCUT2D eigenvalue weighted by molar-refractivity contribution is -0.384. The number of hydrogen-bond donors (Lipinski definition) is 1. The van der Waals surface area contributed by atoms with Crippen LogP contribution in [0.4, 0.5) is 5.69 Å². The minimum atomic E-state index is -0.383. The van der Waals surface area contributed by atoms with Gasteiger partial charge in [-0.3, -0.25) is 15.1 Å². The number of likely N-dealkylation sites (N-methyl/N-ethyl adjacent to an activating group) is 1. The van der Waals surface area contributed by atoms with Crippen molar-refractivity contribution in [3.8, 4) is 0 Å². The van der Waals surface area contributed by atoms with E-state index in [2.05, 4.69) is 17.2 Å². The Morgan fingerprint density at radius 1 is 1.35 bits per heavy atom. The molecule has 0 fully saturated rings. The molecule has 1 heterocycles. The first-order chi connectivity index (χ1) is 9.63. The number of non-ortho nitro benzene ring substituents is 1. The van der Waals surface area contributed by atoms with E-state index in [1.165, 1.54) is 6.07 Å². The van der Waals surface area contributed by atoms with Crippen molar-refractivity contribution in [1.29, 1.82) is 0 Å². The Balaban J connectivity index is 2.25. The van der Waals surface area contributed by atoms with Crippen molar-refractivity contribution >= 4 is 16.6 Å². The normalized spacial score (nSPS) is 12.5. The third kappa shape index (κ3) is 3.30. The Kier molecular flexibility index (Phi) is 4.63. The van der Waals surface area contributed by atoms with Crippen LogP contribution in [0.3, 0.4) is 0 Å². The number of nitro benzene ring substituents is 1. The molecule has 5 nitrogen and oxygen atoms in total. The molecule has 0 aliphatic rings. The van der Waals surface area contributed by atoms with Gasteiger partial charge in [0.05, 0.1) is 10.4 Å². The second-order valence-electron chi connectivity index (χ2n) is 4.92. The predicted octanol–water partition coefficient (Wildman–Crippen LogP) is 3.07. The summed E-state index contributed by atoms with van der Waals surface area (Å²) in [4.78, 5) is 14.9. The number of nitrogens with zero attached hydrogens (tertiary/aromatic N) is 2. The zero-order chi connectivity index (χ0) is 14.5. The van der Waals surface area contributed by atoms with E-state index >= 15 is 0 Å². The van der Waals surface area contributed by atoms with E-state index in [1.54, 1.807) is 12.1 Å². The van der Waals surface area contributed by atoms with Gasteiger partial charge in [-0.25, -0.2) is 0 Å².